The first-order valence-electron chi connectivity index (χ1n) is 24.2. The number of H-pyrrole nitrogens is 1. The van der Waals surface area contributed by atoms with E-state index in [0.717, 1.165) is 74.9 Å². The van der Waals surface area contributed by atoms with E-state index in [9.17, 15) is 0 Å². The lowest BCUT2D eigenvalue weighted by Crippen LogP contribution is -2.40. The number of hydrogen-bond donors (Lipinski definition) is 4. The van der Waals surface area contributed by atoms with Crippen LogP contribution in [0.1, 0.15) is 63.8 Å². The second kappa shape index (κ2) is 28.0. The third-order valence-corrected chi connectivity index (χ3v) is 22.3. The highest BCUT2D eigenvalue weighted by Crippen LogP contribution is 2.39. The maximum Gasteiger partial charge on any atom is 0.196 e. The lowest BCUT2D eigenvalue weighted by molar-refractivity contribution is -0.750. The summed E-state index contributed by atoms with van der Waals surface area (Å²) >= 11 is 0. The summed E-state index contributed by atoms with van der Waals surface area (Å²) in [5.74, 6) is 0. The Bertz CT molecular complexity index is 2940. The second-order valence-corrected chi connectivity index (χ2v) is 30.0. The van der Waals surface area contributed by atoms with Gasteiger partial charge in [0.15, 0.2) is 43.1 Å². The molecule has 0 unspecified atom stereocenters. The Hall–Kier alpha value is -6.04. The Morgan fingerprint density at radius 3 is 1.24 bits per heavy atom. The molecule has 0 saturated heterocycles. The quantitative estimate of drug-likeness (QED) is 0.0675. The molecule has 4 N–H and O–H groups in total. The molecule has 400 valence electrons. The molecule has 0 bridgehead atoms. The van der Waals surface area contributed by atoms with Crippen molar-refractivity contribution in [3.05, 3.63) is 145 Å². The number of aromatic nitrogens is 12. The number of rotatable bonds is 12. The molecule has 8 heterocycles. The van der Waals surface area contributed by atoms with Crippen molar-refractivity contribution in [2.45, 2.75) is 104 Å². The zero-order valence-electron chi connectivity index (χ0n) is 46.4. The second-order valence-electron chi connectivity index (χ2n) is 20.4. The van der Waals surface area contributed by atoms with Crippen LogP contribution in [-0.4, -0.2) is 88.3 Å². The Kier molecular flexibility index (Phi) is 23.6. The molecule has 8 rings (SSSR count). The molecular weight excluding hydrogens is 988 g/mol. The van der Waals surface area contributed by atoms with Gasteiger partial charge in [-0.05, 0) is 72.7 Å². The molecule has 0 saturated carbocycles. The summed E-state index contributed by atoms with van der Waals surface area (Å²) in [5.41, 5.74) is 11.4. The minimum atomic E-state index is -1.76. The number of nitrogens with one attached hydrogen (secondary N) is 1. The van der Waals surface area contributed by atoms with E-state index >= 15 is 0 Å². The van der Waals surface area contributed by atoms with Crippen molar-refractivity contribution in [3.8, 4) is 45.6 Å². The van der Waals surface area contributed by atoms with Crippen LogP contribution < -0.4 is 9.36 Å². The molecule has 17 nitrogen and oxygen atoms in total. The Labute approximate surface area is 446 Å². The van der Waals surface area contributed by atoms with E-state index in [1.165, 1.54) is 0 Å². The molecule has 0 aliphatic heterocycles. The van der Waals surface area contributed by atoms with Gasteiger partial charge < -0.3 is 24.2 Å². The third kappa shape index (κ3) is 16.5. The zero-order chi connectivity index (χ0) is 54.1. The van der Waals surface area contributed by atoms with Crippen LogP contribution in [0.4, 0.5) is 0 Å². The van der Waals surface area contributed by atoms with Gasteiger partial charge in [0.2, 0.25) is 0 Å². The van der Waals surface area contributed by atoms with E-state index in [0.29, 0.717) is 13.2 Å². The van der Waals surface area contributed by atoms with Gasteiger partial charge >= 0.3 is 0 Å². The maximum atomic E-state index is 9.14. The normalized spacial score (nSPS) is 11.4. The van der Waals surface area contributed by atoms with Gasteiger partial charge in [0, 0.05) is 92.8 Å². The summed E-state index contributed by atoms with van der Waals surface area (Å²) in [7, 11) is 7.24. The van der Waals surface area contributed by atoms with Crippen LogP contribution in [-0.2, 0) is 70.5 Å². The van der Waals surface area contributed by atoms with Gasteiger partial charge in [0.25, 0.3) is 0 Å². The first kappa shape index (κ1) is 62.3. The van der Waals surface area contributed by atoms with E-state index in [1.807, 2.05) is 129 Å². The lowest BCUT2D eigenvalue weighted by atomic mass is 10.1. The summed E-state index contributed by atoms with van der Waals surface area (Å²) < 4.78 is 22.3. The van der Waals surface area contributed by atoms with E-state index in [-0.39, 0.29) is 35.7 Å². The smallest absolute Gasteiger partial charge is 0.196 e. The van der Waals surface area contributed by atoms with Gasteiger partial charge in [-0.25, -0.2) is 0 Å². The van der Waals surface area contributed by atoms with Crippen LogP contribution in [0.15, 0.2) is 122 Å². The van der Waals surface area contributed by atoms with E-state index < -0.39 is 16.6 Å². The van der Waals surface area contributed by atoms with E-state index in [4.69, 9.17) is 24.2 Å². The van der Waals surface area contributed by atoms with Crippen molar-refractivity contribution in [3.63, 3.8) is 0 Å². The Morgan fingerprint density at radius 2 is 0.905 bits per heavy atom. The molecule has 0 aromatic carbocycles. The average Bonchev–Trinajstić information content (AvgIpc) is 4.19. The van der Waals surface area contributed by atoms with Gasteiger partial charge in [-0.2, -0.15) is 20.0 Å². The average molecular weight is 1070 g/mol. The number of halogens is 1. The van der Waals surface area contributed by atoms with Crippen molar-refractivity contribution < 1.29 is 33.5 Å². The molecule has 8 aromatic heterocycles. The number of pyridine rings is 4. The van der Waals surface area contributed by atoms with Gasteiger partial charge in [-0.1, -0.05) is 65.8 Å². The van der Waals surface area contributed by atoms with Crippen LogP contribution in [0.25, 0.3) is 45.6 Å². The van der Waals surface area contributed by atoms with E-state index in [2.05, 4.69) is 126 Å². The molecule has 74 heavy (non-hydrogen) atoms. The molecule has 0 aliphatic rings. The first-order valence-corrected chi connectivity index (χ1v) is 30.0. The van der Waals surface area contributed by atoms with Crippen molar-refractivity contribution in [1.82, 2.24) is 49.3 Å². The number of aryl methyl sites for hydroxylation is 4. The van der Waals surface area contributed by atoms with Gasteiger partial charge in [0.05, 0.1) is 67.6 Å². The fraction of sp³-hybridized carbons (Fsp3) is 0.407. The van der Waals surface area contributed by atoms with E-state index in [1.54, 1.807) is 29.5 Å². The molecule has 20 heteroatoms. The van der Waals surface area contributed by atoms with Crippen molar-refractivity contribution >= 4 is 29.0 Å². The van der Waals surface area contributed by atoms with Crippen molar-refractivity contribution in [2.75, 3.05) is 7.11 Å². The number of nitrogens with zero attached hydrogens (tertiary/aromatic N) is 11. The summed E-state index contributed by atoms with van der Waals surface area (Å²) in [6.45, 7) is 23.9. The molecule has 8 aromatic rings. The largest absolute Gasteiger partial charge is 0.412 e. The van der Waals surface area contributed by atoms with Crippen molar-refractivity contribution in [1.29, 1.82) is 0 Å². The monoisotopic (exact) mass is 1070 g/mol. The van der Waals surface area contributed by atoms with Crippen LogP contribution >= 0.6 is 12.4 Å². The van der Waals surface area contributed by atoms with Gasteiger partial charge in [-0.15, -0.1) is 21.8 Å². The standard InChI is InChI=1S/C17H28N3OSi.C16H25N3OSi.2C10H11N3O.CH4O.ClH/c1-17(2,3)22(6,7)21-13-14-9-8-11-18-16(14)15-10-12-19(4)20(15)5;1-16(2,3)21(5,6)20-12-13-8-7-10-17-15(13)14-9-11-18-19(14)4;1-13-6-4-9(12-13)10-8(7-14)3-2-5-11-10;1-13-9(4-6-12-13)10-8(7-14)3-2-5-11-10;1-2;/h8-12H,13H2,1-7H3;7-11H,12H2,1-6H3;2*2-6,14H,7H2,1H3;2H,1H3;1H/q+1;;;;;/p+1. The highest BCUT2D eigenvalue weighted by atomic mass is 35.5. The topological polar surface area (TPSA) is 195 Å². The minimum absolute atomic E-state index is 0. The number of aliphatic hydroxyl groups is 3. The minimum Gasteiger partial charge on any atom is -0.412 e. The lowest BCUT2D eigenvalue weighted by Gasteiger charge is -2.36. The Morgan fingerprint density at radius 1 is 0.527 bits per heavy atom. The fourth-order valence-electron chi connectivity index (χ4n) is 6.71. The number of aliphatic hydroxyl groups excluding tert-OH is 3. The first-order chi connectivity index (χ1) is 34.5. The molecule has 0 fully saturated rings. The highest BCUT2D eigenvalue weighted by molar-refractivity contribution is 6.74. The third-order valence-electron chi connectivity index (χ3n) is 13.4. The van der Waals surface area contributed by atoms with Crippen LogP contribution in [0.3, 0.4) is 0 Å². The fourth-order valence-corrected chi connectivity index (χ4v) is 8.61. The van der Waals surface area contributed by atoms with Crippen LogP contribution in [0.5, 0.6) is 0 Å². The number of hydrogen-bond acceptors (Lipinski definition) is 11. The highest BCUT2D eigenvalue weighted by Gasteiger charge is 2.38. The molecular formula is C54H81ClN12O5Si2+2. The molecule has 0 atom stereocenters. The predicted molar refractivity (Wildman–Crippen MR) is 299 cm³/mol. The molecule has 0 radical (unpaired) electrons. The summed E-state index contributed by atoms with van der Waals surface area (Å²) in [4.78, 5) is 17.6. The SMILES string of the molecule is CO.C[n+]1ccc(-c2ncccc2CO)[nH]1.Cl.Cn1c(-c2ncccc2CO[Si](C)(C)C(C)(C)C)cc[n+]1C.Cn1nccc1-c1ncccc1CO.Cn1nccc1-c1ncccc1CO[Si](C)(C)C(C)(C)C. The molecule has 0 amide bonds. The Balaban J connectivity index is 0.000000261. The molecule has 0 aliphatic carbocycles. The van der Waals surface area contributed by atoms with Gasteiger partial charge in [0.1, 0.15) is 11.4 Å². The predicted octanol–water partition coefficient (Wildman–Crippen LogP) is 8.84. The van der Waals surface area contributed by atoms with Crippen LogP contribution in [0.2, 0.25) is 36.3 Å². The summed E-state index contributed by atoms with van der Waals surface area (Å²) in [6, 6.07) is 23.4. The van der Waals surface area contributed by atoms with Crippen LogP contribution in [0, 0.1) is 0 Å². The maximum absolute atomic E-state index is 9.14. The zero-order valence-corrected chi connectivity index (χ0v) is 49.2. The number of aromatic amines is 1. The summed E-state index contributed by atoms with van der Waals surface area (Å²) in [6.07, 6.45) is 14.6. The van der Waals surface area contributed by atoms with Crippen molar-refractivity contribution in [2.24, 2.45) is 35.2 Å². The van der Waals surface area contributed by atoms with Gasteiger partial charge in [-0.3, -0.25) is 29.3 Å². The summed E-state index contributed by atoms with van der Waals surface area (Å²) in [5, 5.41) is 37.1. The molecule has 0 spiro atoms.